The molecule has 0 unspecified atom stereocenters. The SMILES string of the molecule is Cc1cc(-c2ncc(I)c(=O)[nH]2)ccc1Br. The van der Waals surface area contributed by atoms with Gasteiger partial charge in [-0.25, -0.2) is 4.98 Å². The van der Waals surface area contributed by atoms with Gasteiger partial charge in [0.15, 0.2) is 0 Å². The quantitative estimate of drug-likeness (QED) is 0.760. The minimum absolute atomic E-state index is 0.105. The molecule has 1 heterocycles. The van der Waals surface area contributed by atoms with Crippen molar-refractivity contribution in [3.8, 4) is 11.4 Å². The van der Waals surface area contributed by atoms with Gasteiger partial charge in [0.05, 0.1) is 3.57 Å². The van der Waals surface area contributed by atoms with Crippen molar-refractivity contribution in [1.29, 1.82) is 0 Å². The third kappa shape index (κ3) is 2.35. The maximum Gasteiger partial charge on any atom is 0.264 e. The third-order valence-electron chi connectivity index (χ3n) is 2.19. The summed E-state index contributed by atoms with van der Waals surface area (Å²) in [5.41, 5.74) is 1.92. The molecule has 0 amide bonds. The molecule has 2 aromatic rings. The number of hydrogen-bond donors (Lipinski definition) is 1. The lowest BCUT2D eigenvalue weighted by Crippen LogP contribution is -2.11. The monoisotopic (exact) mass is 390 g/mol. The van der Waals surface area contributed by atoms with E-state index in [2.05, 4.69) is 25.9 Å². The van der Waals surface area contributed by atoms with E-state index in [1.807, 2.05) is 47.7 Å². The van der Waals surface area contributed by atoms with E-state index < -0.39 is 0 Å². The number of aromatic amines is 1. The molecule has 0 aliphatic carbocycles. The summed E-state index contributed by atoms with van der Waals surface area (Å²) in [6, 6.07) is 5.85. The van der Waals surface area contributed by atoms with E-state index in [1.54, 1.807) is 6.20 Å². The molecule has 0 bridgehead atoms. The Morgan fingerprint density at radius 1 is 1.44 bits per heavy atom. The number of H-pyrrole nitrogens is 1. The predicted molar refractivity (Wildman–Crippen MR) is 75.4 cm³/mol. The van der Waals surface area contributed by atoms with Gasteiger partial charge in [-0.05, 0) is 47.2 Å². The van der Waals surface area contributed by atoms with E-state index in [4.69, 9.17) is 0 Å². The standard InChI is InChI=1S/C11H8BrIN2O/c1-6-4-7(2-3-8(6)12)10-14-5-9(13)11(16)15-10/h2-5H,1H3,(H,14,15,16). The zero-order valence-electron chi connectivity index (χ0n) is 8.42. The highest BCUT2D eigenvalue weighted by Gasteiger charge is 2.04. The average molecular weight is 391 g/mol. The van der Waals surface area contributed by atoms with Crippen LogP contribution in [0, 0.1) is 10.5 Å². The van der Waals surface area contributed by atoms with Gasteiger partial charge in [0, 0.05) is 16.2 Å². The molecule has 0 fully saturated rings. The second-order valence-corrected chi connectivity index (χ2v) is 5.39. The van der Waals surface area contributed by atoms with Crippen LogP contribution >= 0.6 is 38.5 Å². The molecule has 0 aliphatic heterocycles. The maximum atomic E-state index is 11.5. The predicted octanol–water partition coefficient (Wildman–Crippen LogP) is 3.11. The van der Waals surface area contributed by atoms with Crippen molar-refractivity contribution in [1.82, 2.24) is 9.97 Å². The summed E-state index contributed by atoms with van der Waals surface area (Å²) in [5, 5.41) is 0. The molecule has 0 saturated heterocycles. The number of aromatic nitrogens is 2. The first-order valence-corrected chi connectivity index (χ1v) is 6.46. The molecule has 82 valence electrons. The van der Waals surface area contributed by atoms with Crippen LogP contribution in [-0.2, 0) is 0 Å². The molecule has 3 nitrogen and oxygen atoms in total. The summed E-state index contributed by atoms with van der Waals surface area (Å²) in [7, 11) is 0. The van der Waals surface area contributed by atoms with E-state index in [0.29, 0.717) is 9.39 Å². The van der Waals surface area contributed by atoms with Gasteiger partial charge in [0.2, 0.25) is 0 Å². The van der Waals surface area contributed by atoms with E-state index in [1.165, 1.54) is 0 Å². The largest absolute Gasteiger partial charge is 0.306 e. The Labute approximate surface area is 115 Å². The van der Waals surface area contributed by atoms with Gasteiger partial charge in [-0.15, -0.1) is 0 Å². The normalized spacial score (nSPS) is 10.4. The Morgan fingerprint density at radius 2 is 2.19 bits per heavy atom. The average Bonchev–Trinajstić information content (AvgIpc) is 2.26. The number of halogens is 2. The second-order valence-electron chi connectivity index (χ2n) is 3.37. The fourth-order valence-corrected chi connectivity index (χ4v) is 1.84. The molecule has 0 atom stereocenters. The molecule has 0 aliphatic rings. The lowest BCUT2D eigenvalue weighted by atomic mass is 10.1. The van der Waals surface area contributed by atoms with E-state index in [9.17, 15) is 4.79 Å². The number of benzene rings is 1. The van der Waals surface area contributed by atoms with Gasteiger partial charge in [0.1, 0.15) is 5.82 Å². The summed E-state index contributed by atoms with van der Waals surface area (Å²) in [4.78, 5) is 18.4. The van der Waals surface area contributed by atoms with Crippen molar-refractivity contribution in [3.05, 3.63) is 48.4 Å². The Balaban J connectivity index is 2.55. The topological polar surface area (TPSA) is 45.8 Å². The summed E-state index contributed by atoms with van der Waals surface area (Å²) in [6.45, 7) is 2.00. The van der Waals surface area contributed by atoms with Crippen molar-refractivity contribution in [2.24, 2.45) is 0 Å². The van der Waals surface area contributed by atoms with Crippen molar-refractivity contribution < 1.29 is 0 Å². The first kappa shape index (κ1) is 11.8. The zero-order chi connectivity index (χ0) is 11.7. The molecule has 1 aromatic carbocycles. The number of hydrogen-bond acceptors (Lipinski definition) is 2. The Bertz CT molecular complexity index is 595. The van der Waals surface area contributed by atoms with Crippen LogP contribution in [0.2, 0.25) is 0 Å². The molecular weight excluding hydrogens is 383 g/mol. The first-order chi connectivity index (χ1) is 7.58. The van der Waals surface area contributed by atoms with Crippen molar-refractivity contribution >= 4 is 38.5 Å². The summed E-state index contributed by atoms with van der Waals surface area (Å²) in [5.74, 6) is 0.598. The van der Waals surface area contributed by atoms with Crippen molar-refractivity contribution in [2.45, 2.75) is 6.92 Å². The maximum absolute atomic E-state index is 11.5. The van der Waals surface area contributed by atoms with Crippen LogP contribution in [0.1, 0.15) is 5.56 Å². The fourth-order valence-electron chi connectivity index (χ4n) is 1.32. The number of nitrogens with one attached hydrogen (secondary N) is 1. The van der Waals surface area contributed by atoms with Crippen molar-refractivity contribution in [3.63, 3.8) is 0 Å². The summed E-state index contributed by atoms with van der Waals surface area (Å²) >= 11 is 5.39. The van der Waals surface area contributed by atoms with Crippen molar-refractivity contribution in [2.75, 3.05) is 0 Å². The molecule has 0 spiro atoms. The van der Waals surface area contributed by atoms with Crippen LogP contribution in [-0.4, -0.2) is 9.97 Å². The minimum atomic E-state index is -0.105. The highest BCUT2D eigenvalue weighted by atomic mass is 127. The molecule has 5 heteroatoms. The van der Waals surface area contributed by atoms with Gasteiger partial charge < -0.3 is 4.98 Å². The van der Waals surface area contributed by atoms with E-state index in [-0.39, 0.29) is 5.56 Å². The van der Waals surface area contributed by atoms with Crippen LogP contribution in [0.3, 0.4) is 0 Å². The second kappa shape index (κ2) is 4.67. The lowest BCUT2D eigenvalue weighted by Gasteiger charge is -2.03. The molecule has 1 aromatic heterocycles. The molecule has 16 heavy (non-hydrogen) atoms. The van der Waals surface area contributed by atoms with Gasteiger partial charge >= 0.3 is 0 Å². The molecule has 0 radical (unpaired) electrons. The van der Waals surface area contributed by atoms with Crippen LogP contribution in [0.4, 0.5) is 0 Å². The van der Waals surface area contributed by atoms with Crippen LogP contribution < -0.4 is 5.56 Å². The molecular formula is C11H8BrIN2O. The number of nitrogens with zero attached hydrogens (tertiary/aromatic N) is 1. The van der Waals surface area contributed by atoms with E-state index >= 15 is 0 Å². The van der Waals surface area contributed by atoms with Crippen LogP contribution in [0.5, 0.6) is 0 Å². The zero-order valence-corrected chi connectivity index (χ0v) is 12.2. The lowest BCUT2D eigenvalue weighted by molar-refractivity contribution is 1.11. The number of aryl methyl sites for hydroxylation is 1. The Hall–Kier alpha value is -0.690. The molecule has 1 N–H and O–H groups in total. The third-order valence-corrected chi connectivity index (χ3v) is 3.85. The van der Waals surface area contributed by atoms with Gasteiger partial charge in [-0.3, -0.25) is 4.79 Å². The molecule has 2 rings (SSSR count). The Kier molecular flexibility index (Phi) is 3.44. The minimum Gasteiger partial charge on any atom is -0.306 e. The highest BCUT2D eigenvalue weighted by molar-refractivity contribution is 14.1. The summed E-state index contributed by atoms with van der Waals surface area (Å²) < 4.78 is 1.64. The molecule has 0 saturated carbocycles. The first-order valence-electron chi connectivity index (χ1n) is 4.59. The summed E-state index contributed by atoms with van der Waals surface area (Å²) in [6.07, 6.45) is 1.58. The van der Waals surface area contributed by atoms with Crippen LogP contribution in [0.25, 0.3) is 11.4 Å². The van der Waals surface area contributed by atoms with Gasteiger partial charge in [0.25, 0.3) is 5.56 Å². The van der Waals surface area contributed by atoms with Crippen LogP contribution in [0.15, 0.2) is 33.7 Å². The van der Waals surface area contributed by atoms with Gasteiger partial charge in [-0.1, -0.05) is 22.0 Å². The fraction of sp³-hybridized carbons (Fsp3) is 0.0909. The Morgan fingerprint density at radius 3 is 2.81 bits per heavy atom. The van der Waals surface area contributed by atoms with Gasteiger partial charge in [-0.2, -0.15) is 0 Å². The highest BCUT2D eigenvalue weighted by Crippen LogP contribution is 2.21. The smallest absolute Gasteiger partial charge is 0.264 e. The van der Waals surface area contributed by atoms with E-state index in [0.717, 1.165) is 15.6 Å². The number of rotatable bonds is 1.